The van der Waals surface area contributed by atoms with Crippen LogP contribution in [0.15, 0.2) is 23.1 Å². The van der Waals surface area contributed by atoms with E-state index in [-0.39, 0.29) is 28.0 Å². The Morgan fingerprint density at radius 1 is 1.40 bits per heavy atom. The summed E-state index contributed by atoms with van der Waals surface area (Å²) in [6.45, 7) is 3.11. The highest BCUT2D eigenvalue weighted by molar-refractivity contribution is 7.89. The molecule has 1 rings (SSSR count). The lowest BCUT2D eigenvalue weighted by Crippen LogP contribution is -2.38. The number of hydrogen-bond donors (Lipinski definition) is 3. The number of benzene rings is 1. The van der Waals surface area contributed by atoms with Crippen molar-refractivity contribution in [3.63, 3.8) is 0 Å². The molecule has 0 aliphatic heterocycles. The highest BCUT2D eigenvalue weighted by Gasteiger charge is 2.24. The summed E-state index contributed by atoms with van der Waals surface area (Å²) < 4.78 is 26.7. The Kier molecular flexibility index (Phi) is 5.52. The number of nitrogens with one attached hydrogen (secondary N) is 1. The van der Waals surface area contributed by atoms with Gasteiger partial charge in [-0.1, -0.05) is 18.5 Å². The monoisotopic (exact) mass is 321 g/mol. The number of sulfonamides is 1. The van der Waals surface area contributed by atoms with E-state index >= 15 is 0 Å². The minimum Gasteiger partial charge on any atom is -0.478 e. The zero-order valence-electron chi connectivity index (χ0n) is 11.0. The minimum atomic E-state index is -3.96. The van der Waals surface area contributed by atoms with Crippen LogP contribution in [0, 0.1) is 5.92 Å². The second kappa shape index (κ2) is 6.53. The lowest BCUT2D eigenvalue weighted by molar-refractivity contribution is 0.0696. The van der Waals surface area contributed by atoms with E-state index < -0.39 is 22.0 Å². The molecular weight excluding hydrogens is 306 g/mol. The largest absolute Gasteiger partial charge is 0.478 e. The predicted octanol–water partition coefficient (Wildman–Crippen LogP) is 1.33. The van der Waals surface area contributed by atoms with Crippen LogP contribution in [0.4, 0.5) is 0 Å². The van der Waals surface area contributed by atoms with Gasteiger partial charge in [-0.2, -0.15) is 0 Å². The maximum Gasteiger partial charge on any atom is 0.335 e. The van der Waals surface area contributed by atoms with Crippen LogP contribution in [0.3, 0.4) is 0 Å². The molecule has 0 heterocycles. The Labute approximate surface area is 122 Å². The van der Waals surface area contributed by atoms with Gasteiger partial charge in [0.1, 0.15) is 4.90 Å². The van der Waals surface area contributed by atoms with Crippen LogP contribution in [-0.2, 0) is 10.0 Å². The third-order valence-corrected chi connectivity index (χ3v) is 4.99. The molecule has 2 atom stereocenters. The maximum absolute atomic E-state index is 12.2. The van der Waals surface area contributed by atoms with Crippen LogP contribution >= 0.6 is 11.6 Å². The summed E-state index contributed by atoms with van der Waals surface area (Å²) in [5.41, 5.74) is -0.169. The van der Waals surface area contributed by atoms with Crippen molar-refractivity contribution in [2.24, 2.45) is 5.92 Å². The molecule has 0 amide bonds. The van der Waals surface area contributed by atoms with Gasteiger partial charge in [-0.3, -0.25) is 0 Å². The predicted molar refractivity (Wildman–Crippen MR) is 74.4 cm³/mol. The van der Waals surface area contributed by atoms with Crippen LogP contribution in [0.25, 0.3) is 0 Å². The van der Waals surface area contributed by atoms with E-state index in [2.05, 4.69) is 4.72 Å². The Hall–Kier alpha value is -1.15. The van der Waals surface area contributed by atoms with Crippen molar-refractivity contribution in [2.75, 3.05) is 6.61 Å². The summed E-state index contributed by atoms with van der Waals surface area (Å²) in [5, 5.41) is 17.8. The molecule has 0 aliphatic carbocycles. The van der Waals surface area contributed by atoms with Gasteiger partial charge in [-0.05, 0) is 31.0 Å². The Morgan fingerprint density at radius 3 is 2.50 bits per heavy atom. The molecule has 0 aliphatic rings. The zero-order chi connectivity index (χ0) is 15.5. The first kappa shape index (κ1) is 16.9. The van der Waals surface area contributed by atoms with Crippen molar-refractivity contribution < 1.29 is 23.4 Å². The van der Waals surface area contributed by atoms with Crippen LogP contribution in [0.1, 0.15) is 24.2 Å². The molecule has 0 radical (unpaired) electrons. The van der Waals surface area contributed by atoms with Gasteiger partial charge in [-0.25, -0.2) is 17.9 Å². The minimum absolute atomic E-state index is 0.0636. The summed E-state index contributed by atoms with van der Waals surface area (Å²) in [4.78, 5) is 10.6. The van der Waals surface area contributed by atoms with Crippen molar-refractivity contribution >= 4 is 27.6 Å². The van der Waals surface area contributed by atoms with Gasteiger partial charge in [0.25, 0.3) is 0 Å². The van der Waals surface area contributed by atoms with E-state index in [9.17, 15) is 13.2 Å². The number of aliphatic hydroxyl groups excluding tert-OH is 1. The van der Waals surface area contributed by atoms with Crippen LogP contribution in [0.2, 0.25) is 5.02 Å². The van der Waals surface area contributed by atoms with Crippen molar-refractivity contribution in [3.05, 3.63) is 28.8 Å². The molecule has 0 aromatic heterocycles. The molecule has 112 valence electrons. The van der Waals surface area contributed by atoms with Gasteiger partial charge in [0.2, 0.25) is 10.0 Å². The molecule has 6 nitrogen and oxygen atoms in total. The highest BCUT2D eigenvalue weighted by atomic mass is 35.5. The number of aliphatic hydroxyl groups is 1. The number of halogens is 1. The number of aromatic carboxylic acids is 1. The summed E-state index contributed by atoms with van der Waals surface area (Å²) in [6, 6.07) is 2.93. The third-order valence-electron chi connectivity index (χ3n) is 2.95. The van der Waals surface area contributed by atoms with Gasteiger partial charge >= 0.3 is 5.97 Å². The third kappa shape index (κ3) is 3.92. The lowest BCUT2D eigenvalue weighted by Gasteiger charge is -2.19. The number of carboxylic acids is 1. The number of carboxylic acid groups (broad SMARTS) is 1. The molecule has 0 spiro atoms. The van der Waals surface area contributed by atoms with E-state index in [1.54, 1.807) is 13.8 Å². The van der Waals surface area contributed by atoms with E-state index in [0.29, 0.717) is 0 Å². The molecule has 0 fully saturated rings. The molecule has 2 unspecified atom stereocenters. The number of carbonyl (C=O) groups is 1. The number of rotatable bonds is 6. The SMILES string of the molecule is CC(CO)C(C)NS(=O)(=O)c1cc(C(=O)O)ccc1Cl. The second-order valence-electron chi connectivity index (χ2n) is 4.52. The van der Waals surface area contributed by atoms with Gasteiger partial charge < -0.3 is 10.2 Å². The molecule has 1 aromatic carbocycles. The summed E-state index contributed by atoms with van der Waals surface area (Å²) >= 11 is 5.82. The maximum atomic E-state index is 12.2. The topological polar surface area (TPSA) is 104 Å². The van der Waals surface area contributed by atoms with E-state index in [4.69, 9.17) is 21.8 Å². The summed E-state index contributed by atoms with van der Waals surface area (Å²) in [7, 11) is -3.96. The fourth-order valence-corrected chi connectivity index (χ4v) is 3.30. The molecule has 0 saturated heterocycles. The van der Waals surface area contributed by atoms with Gasteiger partial charge in [0.15, 0.2) is 0 Å². The van der Waals surface area contributed by atoms with Gasteiger partial charge in [0, 0.05) is 12.6 Å². The van der Waals surface area contributed by atoms with Gasteiger partial charge in [-0.15, -0.1) is 0 Å². The number of hydrogen-bond acceptors (Lipinski definition) is 4. The quantitative estimate of drug-likeness (QED) is 0.733. The van der Waals surface area contributed by atoms with Crippen LogP contribution in [-0.4, -0.2) is 37.2 Å². The van der Waals surface area contributed by atoms with Crippen molar-refractivity contribution in [2.45, 2.75) is 24.8 Å². The van der Waals surface area contributed by atoms with Crippen molar-refractivity contribution in [1.82, 2.24) is 4.72 Å². The zero-order valence-corrected chi connectivity index (χ0v) is 12.6. The van der Waals surface area contributed by atoms with E-state index in [1.165, 1.54) is 12.1 Å². The van der Waals surface area contributed by atoms with E-state index in [1.807, 2.05) is 0 Å². The average Bonchev–Trinajstić information content (AvgIpc) is 2.37. The van der Waals surface area contributed by atoms with Gasteiger partial charge in [0.05, 0.1) is 10.6 Å². The smallest absolute Gasteiger partial charge is 0.335 e. The first-order valence-electron chi connectivity index (χ1n) is 5.85. The molecule has 20 heavy (non-hydrogen) atoms. The summed E-state index contributed by atoms with van der Waals surface area (Å²) in [5.74, 6) is -1.53. The summed E-state index contributed by atoms with van der Waals surface area (Å²) in [6.07, 6.45) is 0. The molecule has 0 saturated carbocycles. The van der Waals surface area contributed by atoms with E-state index in [0.717, 1.165) is 6.07 Å². The van der Waals surface area contributed by atoms with Crippen molar-refractivity contribution in [3.8, 4) is 0 Å². The Bertz CT molecular complexity index is 602. The normalized spacial score (nSPS) is 14.8. The second-order valence-corrected chi connectivity index (χ2v) is 6.61. The first-order chi connectivity index (χ1) is 9.19. The molecule has 3 N–H and O–H groups in total. The standard InChI is InChI=1S/C12H16ClNO5S/c1-7(6-15)8(2)14-20(18,19)11-5-9(12(16)17)3-4-10(11)13/h3-5,7-8,14-15H,6H2,1-2H3,(H,16,17). The van der Waals surface area contributed by atoms with Crippen LogP contribution < -0.4 is 4.72 Å². The first-order valence-corrected chi connectivity index (χ1v) is 7.71. The molecule has 0 bridgehead atoms. The molecule has 1 aromatic rings. The fourth-order valence-electron chi connectivity index (χ4n) is 1.42. The lowest BCUT2D eigenvalue weighted by atomic mass is 10.1. The fraction of sp³-hybridized carbons (Fsp3) is 0.417. The Morgan fingerprint density at radius 2 is 2.00 bits per heavy atom. The van der Waals surface area contributed by atoms with Crippen LogP contribution in [0.5, 0.6) is 0 Å². The average molecular weight is 322 g/mol. The Balaban J connectivity index is 3.15. The molecular formula is C12H16ClNO5S. The highest BCUT2D eigenvalue weighted by Crippen LogP contribution is 2.23. The molecule has 8 heteroatoms. The van der Waals surface area contributed by atoms with Crippen molar-refractivity contribution in [1.29, 1.82) is 0 Å².